The minimum absolute atomic E-state index is 0.00269. The predicted molar refractivity (Wildman–Crippen MR) is 135 cm³/mol. The lowest BCUT2D eigenvalue weighted by molar-refractivity contribution is -0.140. The van der Waals surface area contributed by atoms with Crippen molar-refractivity contribution in [2.24, 2.45) is 5.73 Å². The molecule has 202 valence electrons. The highest BCUT2D eigenvalue weighted by Gasteiger charge is 2.33. The minimum atomic E-state index is -4.64. The largest absolute Gasteiger partial charge is 0.496 e. The maximum absolute atomic E-state index is 13.3. The van der Waals surface area contributed by atoms with Gasteiger partial charge in [-0.1, -0.05) is 6.07 Å². The normalized spacial score (nSPS) is 12.6. The monoisotopic (exact) mass is 540 g/mol. The number of pyridine rings is 1. The van der Waals surface area contributed by atoms with E-state index in [0.29, 0.717) is 27.8 Å². The van der Waals surface area contributed by atoms with Gasteiger partial charge in [0.15, 0.2) is 11.5 Å². The molecule has 0 fully saturated rings. The van der Waals surface area contributed by atoms with E-state index in [1.54, 1.807) is 31.2 Å². The third kappa shape index (κ3) is 4.74. The number of oxazole rings is 1. The van der Waals surface area contributed by atoms with E-state index in [0.717, 1.165) is 11.5 Å². The van der Waals surface area contributed by atoms with Gasteiger partial charge in [0.1, 0.15) is 28.3 Å². The number of halogens is 3. The molecule has 3 aromatic heterocycles. The zero-order chi connectivity index (χ0) is 27.9. The van der Waals surface area contributed by atoms with E-state index < -0.39 is 23.8 Å². The number of furan rings is 1. The topological polar surface area (TPSA) is 126 Å². The van der Waals surface area contributed by atoms with E-state index in [9.17, 15) is 18.0 Å². The minimum Gasteiger partial charge on any atom is -0.496 e. The Morgan fingerprint density at radius 2 is 1.85 bits per heavy atom. The van der Waals surface area contributed by atoms with Gasteiger partial charge in [-0.15, -0.1) is 0 Å². The number of alkyl halides is 3. The maximum atomic E-state index is 13.3. The molecule has 12 heteroatoms. The summed E-state index contributed by atoms with van der Waals surface area (Å²) in [5, 5.41) is 3.82. The summed E-state index contributed by atoms with van der Waals surface area (Å²) in [5.74, 6) is 0.286. The number of aromatic nitrogens is 2. The van der Waals surface area contributed by atoms with Crippen molar-refractivity contribution < 1.29 is 36.3 Å². The summed E-state index contributed by atoms with van der Waals surface area (Å²) in [7, 11) is 2.87. The fourth-order valence-corrected chi connectivity index (χ4v) is 4.30. The van der Waals surface area contributed by atoms with E-state index in [1.807, 2.05) is 0 Å². The summed E-state index contributed by atoms with van der Waals surface area (Å²) in [6, 6.07) is 9.80. The van der Waals surface area contributed by atoms with Crippen LogP contribution >= 0.6 is 0 Å². The number of rotatable bonds is 7. The second-order valence-corrected chi connectivity index (χ2v) is 8.70. The lowest BCUT2D eigenvalue weighted by atomic mass is 10.1. The first kappa shape index (κ1) is 26.0. The fraction of sp³-hybridized carbons (Fsp3) is 0.222. The van der Waals surface area contributed by atoms with Crippen molar-refractivity contribution in [3.8, 4) is 23.0 Å². The molecule has 1 atom stereocenters. The van der Waals surface area contributed by atoms with Gasteiger partial charge in [-0.05, 0) is 43.3 Å². The van der Waals surface area contributed by atoms with Crippen molar-refractivity contribution in [2.45, 2.75) is 25.7 Å². The van der Waals surface area contributed by atoms with Crippen molar-refractivity contribution in [2.75, 3.05) is 14.2 Å². The number of hydrogen-bond acceptors (Lipinski definition) is 8. The van der Waals surface area contributed by atoms with Crippen molar-refractivity contribution in [1.82, 2.24) is 15.3 Å². The van der Waals surface area contributed by atoms with Gasteiger partial charge in [0.25, 0.3) is 5.91 Å². The fourth-order valence-electron chi connectivity index (χ4n) is 4.30. The molecule has 0 radical (unpaired) electrons. The summed E-state index contributed by atoms with van der Waals surface area (Å²) in [4.78, 5) is 21.3. The Morgan fingerprint density at radius 3 is 2.54 bits per heavy atom. The first-order valence-electron chi connectivity index (χ1n) is 11.7. The number of nitrogens with zero attached hydrogens (tertiary/aromatic N) is 2. The summed E-state index contributed by atoms with van der Waals surface area (Å²) >= 11 is 0. The second-order valence-electron chi connectivity index (χ2n) is 8.70. The number of ether oxygens (including phenoxy) is 2. The lowest BCUT2D eigenvalue weighted by Crippen LogP contribution is -2.25. The number of carbonyl (C=O) groups excluding carboxylic acids is 1. The van der Waals surface area contributed by atoms with Gasteiger partial charge in [0, 0.05) is 23.1 Å². The Hall–Kier alpha value is -4.58. The van der Waals surface area contributed by atoms with Crippen LogP contribution in [0.2, 0.25) is 0 Å². The Kier molecular flexibility index (Phi) is 6.64. The summed E-state index contributed by atoms with van der Waals surface area (Å²) in [5.41, 5.74) is 6.53. The van der Waals surface area contributed by atoms with Gasteiger partial charge < -0.3 is 29.4 Å². The number of nitrogens with two attached hydrogens (primary N) is 1. The molecule has 0 aliphatic heterocycles. The zero-order valence-electron chi connectivity index (χ0n) is 21.1. The predicted octanol–water partition coefficient (Wildman–Crippen LogP) is 5.62. The second kappa shape index (κ2) is 9.95. The molecule has 2 aromatic carbocycles. The molecule has 0 bridgehead atoms. The molecule has 0 aliphatic carbocycles. The number of benzene rings is 2. The third-order valence-corrected chi connectivity index (χ3v) is 6.14. The Balaban J connectivity index is 1.51. The molecular weight excluding hydrogens is 517 g/mol. The summed E-state index contributed by atoms with van der Waals surface area (Å²) < 4.78 is 62.0. The maximum Gasteiger partial charge on any atom is 0.433 e. The van der Waals surface area contributed by atoms with Crippen LogP contribution in [0.25, 0.3) is 33.3 Å². The lowest BCUT2D eigenvalue weighted by Gasteiger charge is -2.11. The van der Waals surface area contributed by atoms with Crippen LogP contribution in [0.1, 0.15) is 40.5 Å². The number of amides is 1. The van der Waals surface area contributed by atoms with Crippen molar-refractivity contribution in [3.63, 3.8) is 0 Å². The average molecular weight is 540 g/mol. The van der Waals surface area contributed by atoms with Gasteiger partial charge >= 0.3 is 6.18 Å². The Labute approximate surface area is 219 Å². The first-order valence-corrected chi connectivity index (χ1v) is 11.7. The van der Waals surface area contributed by atoms with Crippen molar-refractivity contribution >= 4 is 27.8 Å². The molecule has 0 saturated carbocycles. The van der Waals surface area contributed by atoms with E-state index >= 15 is 0 Å². The molecule has 39 heavy (non-hydrogen) atoms. The molecule has 3 N–H and O–H groups in total. The van der Waals surface area contributed by atoms with Gasteiger partial charge in [-0.25, -0.2) is 9.97 Å². The quantitative estimate of drug-likeness (QED) is 0.272. The van der Waals surface area contributed by atoms with Crippen molar-refractivity contribution in [1.29, 1.82) is 0 Å². The molecule has 5 aromatic rings. The number of fused-ring (bicyclic) bond motifs is 2. The molecule has 0 saturated heterocycles. The molecule has 0 unspecified atom stereocenters. The van der Waals surface area contributed by atoms with Gasteiger partial charge in [-0.3, -0.25) is 4.79 Å². The average Bonchev–Trinajstić information content (AvgIpc) is 3.55. The molecule has 5 rings (SSSR count). The van der Waals surface area contributed by atoms with Crippen LogP contribution in [-0.2, 0) is 12.7 Å². The highest BCUT2D eigenvalue weighted by atomic mass is 19.4. The number of hydrogen-bond donors (Lipinski definition) is 2. The number of carbonyl (C=O) groups is 1. The summed E-state index contributed by atoms with van der Waals surface area (Å²) in [6.07, 6.45) is -3.12. The van der Waals surface area contributed by atoms with E-state index in [-0.39, 0.29) is 35.2 Å². The third-order valence-electron chi connectivity index (χ3n) is 6.14. The Bertz CT molecular complexity index is 1690. The number of nitrogens with one attached hydrogen (secondary N) is 1. The molecule has 3 heterocycles. The molecule has 9 nitrogen and oxygen atoms in total. The number of methoxy groups -OCH3 is 2. The van der Waals surface area contributed by atoms with Gasteiger partial charge in [-0.2, -0.15) is 13.2 Å². The van der Waals surface area contributed by atoms with E-state index in [4.69, 9.17) is 24.0 Å². The van der Waals surface area contributed by atoms with E-state index in [2.05, 4.69) is 15.3 Å². The van der Waals surface area contributed by atoms with Gasteiger partial charge in [0.05, 0.1) is 31.9 Å². The van der Waals surface area contributed by atoms with E-state index in [1.165, 1.54) is 32.6 Å². The van der Waals surface area contributed by atoms with Crippen LogP contribution in [-0.4, -0.2) is 30.1 Å². The van der Waals surface area contributed by atoms with Crippen LogP contribution in [0.4, 0.5) is 13.2 Å². The van der Waals surface area contributed by atoms with Crippen molar-refractivity contribution in [3.05, 3.63) is 71.4 Å². The SMILES string of the molecule is COc1ccc(-c2nc(C(=O)NCc3coc4cccc(OC)c34)c([C@H](C)N)o2)c2ccc(C(F)(F)F)nc12. The van der Waals surface area contributed by atoms with Gasteiger partial charge in [0.2, 0.25) is 5.89 Å². The Morgan fingerprint density at radius 1 is 1.08 bits per heavy atom. The zero-order valence-corrected chi connectivity index (χ0v) is 21.1. The van der Waals surface area contributed by atoms with Crippen LogP contribution in [0.15, 0.2) is 57.6 Å². The standard InChI is InChI=1S/C27H23F3N4O5/c1-13(31)24-23(25(35)32-11-14-12-38-18-6-4-5-17(36-2)21(14)18)34-26(39-24)16-7-9-19(37-3)22-15(16)8-10-20(33-22)27(28,29)30/h4-10,12-13H,11,31H2,1-3H3,(H,32,35)/t13-/m0/s1. The van der Waals surface area contributed by atoms with Crippen LogP contribution in [0.5, 0.6) is 11.5 Å². The molecule has 0 spiro atoms. The molecule has 1 amide bonds. The highest BCUT2D eigenvalue weighted by molar-refractivity contribution is 5.98. The van der Waals surface area contributed by atoms with Crippen LogP contribution in [0.3, 0.4) is 0 Å². The summed E-state index contributed by atoms with van der Waals surface area (Å²) in [6.45, 7) is 1.72. The highest BCUT2D eigenvalue weighted by Crippen LogP contribution is 2.37. The van der Waals surface area contributed by atoms with Crippen LogP contribution in [0, 0.1) is 0 Å². The van der Waals surface area contributed by atoms with Crippen LogP contribution < -0.4 is 20.5 Å². The molecular formula is C27H23F3N4O5. The smallest absolute Gasteiger partial charge is 0.433 e. The molecule has 0 aliphatic rings. The first-order chi connectivity index (χ1) is 18.6.